The van der Waals surface area contributed by atoms with E-state index in [2.05, 4.69) is 20.2 Å². The van der Waals surface area contributed by atoms with Crippen LogP contribution in [0.2, 0.25) is 10.0 Å². The van der Waals surface area contributed by atoms with Gasteiger partial charge in [0, 0.05) is 6.04 Å². The van der Waals surface area contributed by atoms with Gasteiger partial charge in [-0.2, -0.15) is 0 Å². The molecular weight excluding hydrogens is 359 g/mol. The van der Waals surface area contributed by atoms with Crippen molar-refractivity contribution in [2.45, 2.75) is 31.2 Å². The number of halogens is 2. The molecule has 1 unspecified atom stereocenters. The van der Waals surface area contributed by atoms with Crippen LogP contribution in [0, 0.1) is 0 Å². The molecule has 0 bridgehead atoms. The van der Waals surface area contributed by atoms with Gasteiger partial charge < -0.3 is 5.32 Å². The second-order valence-corrected chi connectivity index (χ2v) is 7.44. The predicted octanol–water partition coefficient (Wildman–Crippen LogP) is 3.79. The molecule has 0 aliphatic carbocycles. The van der Waals surface area contributed by atoms with Crippen molar-refractivity contribution in [3.8, 4) is 0 Å². The maximum Gasteiger partial charge on any atom is 0.263 e. The summed E-state index contributed by atoms with van der Waals surface area (Å²) in [6, 6.07) is 7.51. The van der Waals surface area contributed by atoms with Gasteiger partial charge in [-0.3, -0.25) is 4.72 Å². The molecule has 2 aromatic rings. The van der Waals surface area contributed by atoms with E-state index in [1.807, 2.05) is 13.8 Å². The average molecular weight is 375 g/mol. The van der Waals surface area contributed by atoms with Gasteiger partial charge in [-0.25, -0.2) is 8.42 Å². The minimum Gasteiger partial charge on any atom is -0.366 e. The second-order valence-electron chi connectivity index (χ2n) is 4.94. The summed E-state index contributed by atoms with van der Waals surface area (Å²) in [5.41, 5.74) is 0. The fraction of sp³-hybridized carbons (Fsp3) is 0.286. The van der Waals surface area contributed by atoms with Crippen LogP contribution in [0.1, 0.15) is 20.3 Å². The van der Waals surface area contributed by atoms with Gasteiger partial charge in [-0.05, 0) is 43.7 Å². The Morgan fingerprint density at radius 1 is 1.09 bits per heavy atom. The third-order valence-corrected chi connectivity index (χ3v) is 5.20. The summed E-state index contributed by atoms with van der Waals surface area (Å²) in [5, 5.41) is 11.4. The molecule has 2 N–H and O–H groups in total. The third kappa shape index (κ3) is 4.70. The van der Waals surface area contributed by atoms with Gasteiger partial charge in [0.15, 0.2) is 5.82 Å². The second kappa shape index (κ2) is 7.33. The Hall–Kier alpha value is -1.57. The highest BCUT2D eigenvalue weighted by Crippen LogP contribution is 2.25. The first-order chi connectivity index (χ1) is 10.8. The summed E-state index contributed by atoms with van der Waals surface area (Å²) in [6.45, 7) is 4.06. The number of hydrogen-bond donors (Lipinski definition) is 2. The molecule has 0 aliphatic heterocycles. The predicted molar refractivity (Wildman–Crippen MR) is 92.7 cm³/mol. The quantitative estimate of drug-likeness (QED) is 0.803. The van der Waals surface area contributed by atoms with Crippen molar-refractivity contribution in [1.29, 1.82) is 0 Å². The molecule has 9 heteroatoms. The molecule has 1 aromatic heterocycles. The van der Waals surface area contributed by atoms with E-state index in [1.54, 1.807) is 6.07 Å². The molecule has 0 radical (unpaired) electrons. The summed E-state index contributed by atoms with van der Waals surface area (Å²) in [5.74, 6) is 0.697. The van der Waals surface area contributed by atoms with Crippen LogP contribution in [0.4, 0.5) is 11.6 Å². The van der Waals surface area contributed by atoms with Crippen molar-refractivity contribution >= 4 is 44.9 Å². The Bertz CT molecular complexity index is 782. The van der Waals surface area contributed by atoms with Gasteiger partial charge in [-0.1, -0.05) is 30.1 Å². The van der Waals surface area contributed by atoms with Crippen LogP contribution >= 0.6 is 23.2 Å². The summed E-state index contributed by atoms with van der Waals surface area (Å²) < 4.78 is 26.9. The number of benzene rings is 1. The largest absolute Gasteiger partial charge is 0.366 e. The number of rotatable bonds is 6. The number of aromatic nitrogens is 2. The number of anilines is 2. The van der Waals surface area contributed by atoms with E-state index in [4.69, 9.17) is 23.2 Å². The maximum atomic E-state index is 12.3. The van der Waals surface area contributed by atoms with Crippen LogP contribution < -0.4 is 10.0 Å². The lowest BCUT2D eigenvalue weighted by molar-refractivity contribution is 0.601. The van der Waals surface area contributed by atoms with Crippen LogP contribution in [-0.2, 0) is 10.0 Å². The Morgan fingerprint density at radius 2 is 1.74 bits per heavy atom. The number of nitrogens with zero attached hydrogens (tertiary/aromatic N) is 2. The standard InChI is InChI=1S/C14H16Cl2N4O2S/c1-3-9(2)17-13-6-7-14(19-18-13)20-23(21,22)10-4-5-11(15)12(16)8-10/h4-9H,3H2,1-2H3,(H,17,18)(H,19,20). The van der Waals surface area contributed by atoms with Gasteiger partial charge in [0.1, 0.15) is 5.82 Å². The van der Waals surface area contributed by atoms with E-state index in [9.17, 15) is 8.42 Å². The number of hydrogen-bond acceptors (Lipinski definition) is 5. The van der Waals surface area contributed by atoms with Crippen LogP contribution in [-0.4, -0.2) is 24.7 Å². The molecule has 23 heavy (non-hydrogen) atoms. The van der Waals surface area contributed by atoms with E-state index >= 15 is 0 Å². The molecule has 0 spiro atoms. The lowest BCUT2D eigenvalue weighted by Crippen LogP contribution is -2.17. The van der Waals surface area contributed by atoms with Gasteiger partial charge in [-0.15, -0.1) is 10.2 Å². The Labute approximate surface area is 145 Å². The van der Waals surface area contributed by atoms with E-state index in [0.717, 1.165) is 6.42 Å². The lowest BCUT2D eigenvalue weighted by Gasteiger charge is -2.12. The zero-order chi connectivity index (χ0) is 17.0. The van der Waals surface area contributed by atoms with E-state index < -0.39 is 10.0 Å². The third-order valence-electron chi connectivity index (χ3n) is 3.11. The van der Waals surface area contributed by atoms with Gasteiger partial charge in [0.05, 0.1) is 14.9 Å². The highest BCUT2D eigenvalue weighted by molar-refractivity contribution is 7.92. The van der Waals surface area contributed by atoms with Crippen LogP contribution in [0.3, 0.4) is 0 Å². The minimum absolute atomic E-state index is 0.00416. The first-order valence-electron chi connectivity index (χ1n) is 6.90. The average Bonchev–Trinajstić information content (AvgIpc) is 2.51. The van der Waals surface area contributed by atoms with Crippen LogP contribution in [0.15, 0.2) is 35.2 Å². The number of sulfonamides is 1. The Kier molecular flexibility index (Phi) is 5.67. The Balaban J connectivity index is 2.15. The van der Waals surface area contributed by atoms with Crippen molar-refractivity contribution in [3.05, 3.63) is 40.4 Å². The van der Waals surface area contributed by atoms with Crippen molar-refractivity contribution in [2.75, 3.05) is 10.0 Å². The van der Waals surface area contributed by atoms with Gasteiger partial charge >= 0.3 is 0 Å². The molecule has 0 aliphatic rings. The molecule has 1 heterocycles. The van der Waals surface area contributed by atoms with Crippen molar-refractivity contribution < 1.29 is 8.42 Å². The fourth-order valence-electron chi connectivity index (χ4n) is 1.66. The normalized spacial score (nSPS) is 12.7. The summed E-state index contributed by atoms with van der Waals surface area (Å²) >= 11 is 11.6. The molecular formula is C14H16Cl2N4O2S. The van der Waals surface area contributed by atoms with Crippen molar-refractivity contribution in [1.82, 2.24) is 10.2 Å². The zero-order valence-corrected chi connectivity index (χ0v) is 14.9. The van der Waals surface area contributed by atoms with E-state index in [0.29, 0.717) is 5.82 Å². The van der Waals surface area contributed by atoms with Crippen molar-refractivity contribution in [3.63, 3.8) is 0 Å². The summed E-state index contributed by atoms with van der Waals surface area (Å²) in [6.07, 6.45) is 0.938. The van der Waals surface area contributed by atoms with Crippen LogP contribution in [0.5, 0.6) is 0 Å². The van der Waals surface area contributed by atoms with Gasteiger partial charge in [0.2, 0.25) is 0 Å². The topological polar surface area (TPSA) is 84.0 Å². The first-order valence-corrected chi connectivity index (χ1v) is 9.14. The molecule has 1 atom stereocenters. The molecule has 0 amide bonds. The van der Waals surface area contributed by atoms with E-state index in [1.165, 1.54) is 24.3 Å². The molecule has 124 valence electrons. The molecule has 1 aromatic carbocycles. The lowest BCUT2D eigenvalue weighted by atomic mass is 10.2. The molecule has 2 rings (SSSR count). The van der Waals surface area contributed by atoms with Crippen LogP contribution in [0.25, 0.3) is 0 Å². The highest BCUT2D eigenvalue weighted by atomic mass is 35.5. The molecule has 0 fully saturated rings. The number of nitrogens with one attached hydrogen (secondary N) is 2. The molecule has 0 saturated carbocycles. The van der Waals surface area contributed by atoms with Gasteiger partial charge in [0.25, 0.3) is 10.0 Å². The van der Waals surface area contributed by atoms with Crippen molar-refractivity contribution in [2.24, 2.45) is 0 Å². The summed E-state index contributed by atoms with van der Waals surface area (Å²) in [4.78, 5) is -0.00416. The highest BCUT2D eigenvalue weighted by Gasteiger charge is 2.16. The maximum absolute atomic E-state index is 12.3. The SMILES string of the molecule is CCC(C)Nc1ccc(NS(=O)(=O)c2ccc(Cl)c(Cl)c2)nn1. The zero-order valence-electron chi connectivity index (χ0n) is 12.5. The monoisotopic (exact) mass is 374 g/mol. The minimum atomic E-state index is -3.81. The smallest absolute Gasteiger partial charge is 0.263 e. The molecule has 6 nitrogen and oxygen atoms in total. The fourth-order valence-corrected chi connectivity index (χ4v) is 3.04. The van der Waals surface area contributed by atoms with E-state index in [-0.39, 0.29) is 26.8 Å². The Morgan fingerprint density at radius 3 is 2.30 bits per heavy atom. The molecule has 0 saturated heterocycles. The first kappa shape index (κ1) is 17.8. The summed E-state index contributed by atoms with van der Waals surface area (Å²) in [7, 11) is -3.81.